The van der Waals surface area contributed by atoms with Gasteiger partial charge in [0, 0.05) is 25.4 Å². The predicted octanol–water partition coefficient (Wildman–Crippen LogP) is 1.69. The lowest BCUT2D eigenvalue weighted by molar-refractivity contribution is -0.143. The summed E-state index contributed by atoms with van der Waals surface area (Å²) in [4.78, 5) is 13.5. The number of methoxy groups -OCH3 is 2. The van der Waals surface area contributed by atoms with E-state index in [0.717, 1.165) is 5.56 Å². The average molecular weight is 319 g/mol. The Bertz CT molecular complexity index is 684. The van der Waals surface area contributed by atoms with E-state index in [1.54, 1.807) is 48.1 Å². The molecule has 1 heterocycles. The highest BCUT2D eigenvalue weighted by Crippen LogP contribution is 2.32. The smallest absolute Gasteiger partial charge is 0.325 e. The van der Waals surface area contributed by atoms with Crippen LogP contribution in [0.15, 0.2) is 30.6 Å². The Balaban J connectivity index is 2.28. The molecule has 2 rings (SSSR count). The molecule has 1 atom stereocenters. The fraction of sp³-hybridized carbons (Fsp3) is 0.375. The van der Waals surface area contributed by atoms with Gasteiger partial charge < -0.3 is 14.6 Å². The number of rotatable bonds is 7. The second kappa shape index (κ2) is 7.15. The minimum atomic E-state index is -0.927. The number of likely N-dealkylation sites (N-methyl/N-ethyl adjacent to an activating group) is 1. The number of aromatic nitrogens is 2. The lowest BCUT2D eigenvalue weighted by Crippen LogP contribution is -2.30. The highest BCUT2D eigenvalue weighted by Gasteiger charge is 2.26. The minimum absolute atomic E-state index is 0.471. The molecule has 2 aromatic rings. The first-order valence-corrected chi connectivity index (χ1v) is 7.08. The van der Waals surface area contributed by atoms with Gasteiger partial charge in [-0.2, -0.15) is 5.10 Å². The molecule has 7 heteroatoms. The number of nitrogens with zero attached hydrogens (tertiary/aromatic N) is 3. The second-order valence-corrected chi connectivity index (χ2v) is 5.29. The zero-order valence-corrected chi connectivity index (χ0v) is 13.7. The molecule has 0 saturated heterocycles. The van der Waals surface area contributed by atoms with Crippen molar-refractivity contribution in [2.45, 2.75) is 12.6 Å². The standard InChI is InChI=1S/C16H21N3O4/c1-18(9-11-8-17-19(2)10-11)15(16(20)21)12-5-6-13(22-3)14(7-12)23-4/h5-8,10,15H,9H2,1-4H3,(H,20,21). The van der Waals surface area contributed by atoms with Crippen LogP contribution in [0.4, 0.5) is 0 Å². The summed E-state index contributed by atoms with van der Waals surface area (Å²) >= 11 is 0. The van der Waals surface area contributed by atoms with Crippen LogP contribution in [-0.4, -0.2) is 47.0 Å². The van der Waals surface area contributed by atoms with E-state index in [-0.39, 0.29) is 0 Å². The zero-order chi connectivity index (χ0) is 17.0. The Kier molecular flexibility index (Phi) is 5.23. The van der Waals surface area contributed by atoms with Gasteiger partial charge in [-0.05, 0) is 24.7 Å². The molecule has 1 unspecified atom stereocenters. The monoisotopic (exact) mass is 319 g/mol. The Morgan fingerprint density at radius 2 is 2.04 bits per heavy atom. The zero-order valence-electron chi connectivity index (χ0n) is 13.7. The summed E-state index contributed by atoms with van der Waals surface area (Å²) in [5, 5.41) is 13.7. The third-order valence-electron chi connectivity index (χ3n) is 3.59. The Hall–Kier alpha value is -2.54. The van der Waals surface area contributed by atoms with Crippen LogP contribution in [0.5, 0.6) is 11.5 Å². The van der Waals surface area contributed by atoms with E-state index in [0.29, 0.717) is 23.6 Å². The van der Waals surface area contributed by atoms with Gasteiger partial charge in [0.1, 0.15) is 6.04 Å². The van der Waals surface area contributed by atoms with E-state index < -0.39 is 12.0 Å². The number of carboxylic acids is 1. The van der Waals surface area contributed by atoms with Gasteiger partial charge in [0.2, 0.25) is 0 Å². The summed E-state index contributed by atoms with van der Waals surface area (Å²) in [6, 6.07) is 4.34. The van der Waals surface area contributed by atoms with Crippen molar-refractivity contribution in [3.05, 3.63) is 41.7 Å². The van der Waals surface area contributed by atoms with Crippen molar-refractivity contribution in [2.24, 2.45) is 7.05 Å². The first-order chi connectivity index (χ1) is 11.0. The van der Waals surface area contributed by atoms with Crippen LogP contribution in [0.2, 0.25) is 0 Å². The summed E-state index contributed by atoms with van der Waals surface area (Å²) in [5.41, 5.74) is 1.57. The molecule has 0 radical (unpaired) electrons. The van der Waals surface area contributed by atoms with E-state index >= 15 is 0 Å². The molecule has 0 spiro atoms. The summed E-state index contributed by atoms with van der Waals surface area (Å²) < 4.78 is 12.1. The second-order valence-electron chi connectivity index (χ2n) is 5.29. The van der Waals surface area contributed by atoms with Crippen LogP contribution in [-0.2, 0) is 18.4 Å². The normalized spacial score (nSPS) is 12.2. The van der Waals surface area contributed by atoms with Crippen LogP contribution < -0.4 is 9.47 Å². The maximum atomic E-state index is 11.8. The van der Waals surface area contributed by atoms with Gasteiger partial charge in [0.15, 0.2) is 11.5 Å². The number of aliphatic carboxylic acids is 1. The van der Waals surface area contributed by atoms with Gasteiger partial charge in [0.25, 0.3) is 0 Å². The molecule has 7 nitrogen and oxygen atoms in total. The van der Waals surface area contributed by atoms with Gasteiger partial charge in [0.05, 0.1) is 20.4 Å². The van der Waals surface area contributed by atoms with E-state index in [2.05, 4.69) is 5.10 Å². The fourth-order valence-corrected chi connectivity index (χ4v) is 2.54. The SMILES string of the molecule is COc1ccc(C(C(=O)O)N(C)Cc2cnn(C)c2)cc1OC. The Morgan fingerprint density at radius 3 is 2.57 bits per heavy atom. The Labute approximate surface area is 135 Å². The number of aryl methyl sites for hydroxylation is 1. The summed E-state index contributed by atoms with van der Waals surface area (Å²) in [5.74, 6) is 0.143. The van der Waals surface area contributed by atoms with Crippen molar-refractivity contribution in [1.82, 2.24) is 14.7 Å². The molecule has 0 fully saturated rings. The quantitative estimate of drug-likeness (QED) is 0.837. The number of benzene rings is 1. The van der Waals surface area contributed by atoms with E-state index in [1.807, 2.05) is 13.2 Å². The van der Waals surface area contributed by atoms with Gasteiger partial charge in [-0.3, -0.25) is 14.4 Å². The van der Waals surface area contributed by atoms with Gasteiger partial charge in [-0.1, -0.05) is 6.07 Å². The van der Waals surface area contributed by atoms with Gasteiger partial charge >= 0.3 is 5.97 Å². The lowest BCUT2D eigenvalue weighted by atomic mass is 10.0. The van der Waals surface area contributed by atoms with Crippen molar-refractivity contribution in [2.75, 3.05) is 21.3 Å². The largest absolute Gasteiger partial charge is 0.493 e. The van der Waals surface area contributed by atoms with E-state index in [4.69, 9.17) is 9.47 Å². The Morgan fingerprint density at radius 1 is 1.35 bits per heavy atom. The number of carboxylic acid groups (broad SMARTS) is 1. The number of hydrogen-bond acceptors (Lipinski definition) is 5. The lowest BCUT2D eigenvalue weighted by Gasteiger charge is -2.25. The number of hydrogen-bond donors (Lipinski definition) is 1. The number of carbonyl (C=O) groups is 1. The van der Waals surface area contributed by atoms with Crippen LogP contribution in [0.25, 0.3) is 0 Å². The molecule has 0 amide bonds. The molecule has 0 bridgehead atoms. The van der Waals surface area contributed by atoms with Gasteiger partial charge in [-0.15, -0.1) is 0 Å². The third-order valence-corrected chi connectivity index (χ3v) is 3.59. The molecule has 1 N–H and O–H groups in total. The molecular formula is C16H21N3O4. The average Bonchev–Trinajstić information content (AvgIpc) is 2.91. The van der Waals surface area contributed by atoms with Crippen LogP contribution >= 0.6 is 0 Å². The van der Waals surface area contributed by atoms with Crippen molar-refractivity contribution in [3.63, 3.8) is 0 Å². The van der Waals surface area contributed by atoms with Crippen molar-refractivity contribution >= 4 is 5.97 Å². The molecule has 0 aliphatic carbocycles. The van der Waals surface area contributed by atoms with Crippen molar-refractivity contribution in [1.29, 1.82) is 0 Å². The van der Waals surface area contributed by atoms with Crippen LogP contribution in [0.1, 0.15) is 17.2 Å². The summed E-state index contributed by atoms with van der Waals surface area (Å²) in [6.07, 6.45) is 3.59. The number of ether oxygens (including phenoxy) is 2. The maximum absolute atomic E-state index is 11.8. The molecule has 1 aromatic heterocycles. The van der Waals surface area contributed by atoms with E-state index in [1.165, 1.54) is 7.11 Å². The highest BCUT2D eigenvalue weighted by molar-refractivity contribution is 5.76. The predicted molar refractivity (Wildman–Crippen MR) is 84.6 cm³/mol. The minimum Gasteiger partial charge on any atom is -0.493 e. The van der Waals surface area contributed by atoms with Crippen LogP contribution in [0, 0.1) is 0 Å². The van der Waals surface area contributed by atoms with Crippen LogP contribution in [0.3, 0.4) is 0 Å². The molecule has 0 aliphatic rings. The summed E-state index contributed by atoms with van der Waals surface area (Å²) in [7, 11) is 6.66. The first-order valence-electron chi connectivity index (χ1n) is 7.08. The van der Waals surface area contributed by atoms with E-state index in [9.17, 15) is 9.90 Å². The third kappa shape index (κ3) is 3.81. The molecule has 0 aliphatic heterocycles. The highest BCUT2D eigenvalue weighted by atomic mass is 16.5. The summed E-state index contributed by atoms with van der Waals surface area (Å²) in [6.45, 7) is 0.471. The maximum Gasteiger partial charge on any atom is 0.325 e. The van der Waals surface area contributed by atoms with Gasteiger partial charge in [-0.25, -0.2) is 0 Å². The molecule has 0 saturated carbocycles. The molecule has 23 heavy (non-hydrogen) atoms. The fourth-order valence-electron chi connectivity index (χ4n) is 2.54. The molecule has 124 valence electrons. The topological polar surface area (TPSA) is 76.8 Å². The molecule has 1 aromatic carbocycles. The van der Waals surface area contributed by atoms with Crippen molar-refractivity contribution in [3.8, 4) is 11.5 Å². The van der Waals surface area contributed by atoms with Crippen molar-refractivity contribution < 1.29 is 19.4 Å². The molecular weight excluding hydrogens is 298 g/mol. The first kappa shape index (κ1) is 16.8.